The van der Waals surface area contributed by atoms with Gasteiger partial charge >= 0.3 is 11.9 Å². The number of ether oxygens (including phenoxy) is 3. The summed E-state index contributed by atoms with van der Waals surface area (Å²) >= 11 is 0. The molecule has 1 aromatic carbocycles. The van der Waals surface area contributed by atoms with Gasteiger partial charge in [0.1, 0.15) is 6.10 Å². The first-order valence-corrected chi connectivity index (χ1v) is 9.81. The SMILES string of the molecule is COCCn1cccc(-c2ccc(CC(OC[C@H](CO)OC)(C(=O)O)C(=O)O)cc2)c1=O. The molecule has 0 bridgehead atoms. The molecular formula is C22H27NO9. The van der Waals surface area contributed by atoms with Gasteiger partial charge in [0.25, 0.3) is 11.2 Å². The fourth-order valence-electron chi connectivity index (χ4n) is 3.06. The van der Waals surface area contributed by atoms with Gasteiger partial charge in [-0.15, -0.1) is 0 Å². The first kappa shape index (κ1) is 25.2. The number of pyridine rings is 1. The minimum atomic E-state index is -2.56. The van der Waals surface area contributed by atoms with Gasteiger partial charge in [0.2, 0.25) is 0 Å². The van der Waals surface area contributed by atoms with Gasteiger partial charge in [-0.05, 0) is 23.3 Å². The van der Waals surface area contributed by atoms with Crippen LogP contribution in [0.5, 0.6) is 0 Å². The van der Waals surface area contributed by atoms with Gasteiger partial charge in [-0.3, -0.25) is 4.79 Å². The molecule has 32 heavy (non-hydrogen) atoms. The number of nitrogens with zero attached hydrogens (tertiary/aromatic N) is 1. The first-order chi connectivity index (χ1) is 15.3. The van der Waals surface area contributed by atoms with Crippen molar-refractivity contribution in [3.8, 4) is 11.1 Å². The molecule has 10 nitrogen and oxygen atoms in total. The Kier molecular flexibility index (Phi) is 9.09. The third-order valence-corrected chi connectivity index (χ3v) is 5.02. The summed E-state index contributed by atoms with van der Waals surface area (Å²) < 4.78 is 16.7. The highest BCUT2D eigenvalue weighted by Gasteiger charge is 2.48. The second kappa shape index (κ2) is 11.5. The number of hydrogen-bond acceptors (Lipinski definition) is 7. The molecule has 0 radical (unpaired) electrons. The Balaban J connectivity index is 2.30. The third kappa shape index (κ3) is 5.80. The summed E-state index contributed by atoms with van der Waals surface area (Å²) in [6.45, 7) is -0.0994. The second-order valence-electron chi connectivity index (χ2n) is 7.08. The van der Waals surface area contributed by atoms with Crippen molar-refractivity contribution < 1.29 is 39.1 Å². The van der Waals surface area contributed by atoms with E-state index >= 15 is 0 Å². The van der Waals surface area contributed by atoms with E-state index in [9.17, 15) is 29.7 Å². The summed E-state index contributed by atoms with van der Waals surface area (Å²) in [5.41, 5.74) is -1.34. The van der Waals surface area contributed by atoms with Crippen LogP contribution in [0, 0.1) is 0 Å². The Labute approximate surface area is 184 Å². The van der Waals surface area contributed by atoms with Crippen molar-refractivity contribution in [3.63, 3.8) is 0 Å². The lowest BCUT2D eigenvalue weighted by atomic mass is 9.93. The lowest BCUT2D eigenvalue weighted by molar-refractivity contribution is -0.188. The molecule has 3 N–H and O–H groups in total. The number of rotatable bonds is 13. The molecule has 0 amide bonds. The molecule has 0 saturated heterocycles. The van der Waals surface area contributed by atoms with Crippen LogP contribution in [0.1, 0.15) is 5.56 Å². The maximum Gasteiger partial charge on any atom is 0.348 e. The van der Waals surface area contributed by atoms with E-state index in [4.69, 9.17) is 14.2 Å². The van der Waals surface area contributed by atoms with Gasteiger partial charge < -0.3 is 34.1 Å². The van der Waals surface area contributed by atoms with Crippen molar-refractivity contribution in [2.75, 3.05) is 34.0 Å². The van der Waals surface area contributed by atoms with Crippen LogP contribution in [-0.2, 0) is 36.8 Å². The van der Waals surface area contributed by atoms with Crippen LogP contribution in [0.4, 0.5) is 0 Å². The van der Waals surface area contributed by atoms with Gasteiger partial charge in [0, 0.05) is 38.9 Å². The Morgan fingerprint density at radius 1 is 1.09 bits per heavy atom. The topological polar surface area (TPSA) is 145 Å². The van der Waals surface area contributed by atoms with Crippen LogP contribution >= 0.6 is 0 Å². The number of aliphatic carboxylic acids is 2. The smallest absolute Gasteiger partial charge is 0.348 e. The average molecular weight is 449 g/mol. The molecule has 174 valence electrons. The number of hydrogen-bond donors (Lipinski definition) is 3. The van der Waals surface area contributed by atoms with E-state index in [1.807, 2.05) is 0 Å². The molecule has 1 aromatic heterocycles. The number of carboxylic acids is 2. The standard InChI is InChI=1S/C22H27NO9/c1-30-11-10-23-9-3-4-18(19(23)25)16-7-5-15(6-8-16)12-22(20(26)27,21(28)29)32-14-17(13-24)31-2/h3-9,17,24H,10-14H2,1-2H3,(H,26,27)(H,28,29)/t17-/m0/s1. The normalized spacial score (nSPS) is 12.5. The van der Waals surface area contributed by atoms with Crippen LogP contribution in [-0.4, -0.2) is 77.6 Å². The fraction of sp³-hybridized carbons (Fsp3) is 0.409. The number of carbonyl (C=O) groups is 2. The number of methoxy groups -OCH3 is 2. The zero-order valence-corrected chi connectivity index (χ0v) is 17.9. The molecule has 2 aromatic rings. The highest BCUT2D eigenvalue weighted by Crippen LogP contribution is 2.23. The predicted molar refractivity (Wildman–Crippen MR) is 114 cm³/mol. The van der Waals surface area contributed by atoms with Crippen molar-refractivity contribution in [1.29, 1.82) is 0 Å². The van der Waals surface area contributed by atoms with E-state index in [0.29, 0.717) is 29.8 Å². The molecule has 2 rings (SSSR count). The van der Waals surface area contributed by atoms with E-state index in [2.05, 4.69) is 0 Å². The molecule has 1 heterocycles. The molecular weight excluding hydrogens is 422 g/mol. The fourth-order valence-corrected chi connectivity index (χ4v) is 3.06. The largest absolute Gasteiger partial charge is 0.479 e. The van der Waals surface area contributed by atoms with E-state index in [1.165, 1.54) is 11.7 Å². The van der Waals surface area contributed by atoms with Crippen molar-refractivity contribution >= 4 is 11.9 Å². The second-order valence-corrected chi connectivity index (χ2v) is 7.08. The van der Waals surface area contributed by atoms with E-state index in [1.54, 1.807) is 49.7 Å². The third-order valence-electron chi connectivity index (χ3n) is 5.02. The molecule has 0 fully saturated rings. The summed E-state index contributed by atoms with van der Waals surface area (Å²) in [4.78, 5) is 36.4. The Morgan fingerprint density at radius 3 is 2.28 bits per heavy atom. The molecule has 0 aliphatic carbocycles. The van der Waals surface area contributed by atoms with Crippen LogP contribution in [0.15, 0.2) is 47.4 Å². The Morgan fingerprint density at radius 2 is 1.75 bits per heavy atom. The number of aromatic nitrogens is 1. The summed E-state index contributed by atoms with van der Waals surface area (Å²) in [7, 11) is 2.84. The zero-order chi connectivity index (χ0) is 23.7. The van der Waals surface area contributed by atoms with Crippen molar-refractivity contribution in [2.45, 2.75) is 24.7 Å². The molecule has 1 atom stereocenters. The van der Waals surface area contributed by atoms with Gasteiger partial charge in [-0.1, -0.05) is 24.3 Å². The van der Waals surface area contributed by atoms with Gasteiger partial charge in [0.15, 0.2) is 0 Å². The van der Waals surface area contributed by atoms with Gasteiger partial charge in [0.05, 0.1) is 19.8 Å². The van der Waals surface area contributed by atoms with Crippen LogP contribution in [0.25, 0.3) is 11.1 Å². The van der Waals surface area contributed by atoms with Gasteiger partial charge in [-0.25, -0.2) is 9.59 Å². The number of aliphatic hydroxyl groups is 1. The van der Waals surface area contributed by atoms with Crippen molar-refractivity contribution in [1.82, 2.24) is 4.57 Å². The number of aliphatic hydroxyl groups excluding tert-OH is 1. The maximum absolute atomic E-state index is 12.7. The molecule has 0 spiro atoms. The van der Waals surface area contributed by atoms with Gasteiger partial charge in [-0.2, -0.15) is 0 Å². The van der Waals surface area contributed by atoms with E-state index in [-0.39, 0.29) is 5.56 Å². The molecule has 0 saturated carbocycles. The lowest BCUT2D eigenvalue weighted by Gasteiger charge is -2.27. The Hall–Kier alpha value is -3.05. The molecule has 0 unspecified atom stereocenters. The summed E-state index contributed by atoms with van der Waals surface area (Å²) in [5, 5.41) is 28.4. The lowest BCUT2D eigenvalue weighted by Crippen LogP contribution is -2.52. The van der Waals surface area contributed by atoms with Crippen LogP contribution in [0.3, 0.4) is 0 Å². The minimum Gasteiger partial charge on any atom is -0.479 e. The first-order valence-electron chi connectivity index (χ1n) is 9.81. The van der Waals surface area contributed by atoms with Crippen LogP contribution in [0.2, 0.25) is 0 Å². The van der Waals surface area contributed by atoms with E-state index < -0.39 is 43.3 Å². The monoisotopic (exact) mass is 449 g/mol. The molecule has 0 aliphatic rings. The predicted octanol–water partition coefficient (Wildman–Crippen LogP) is 0.636. The quantitative estimate of drug-likeness (QED) is 0.375. The van der Waals surface area contributed by atoms with Crippen LogP contribution < -0.4 is 5.56 Å². The highest BCUT2D eigenvalue weighted by molar-refractivity contribution is 6.02. The maximum atomic E-state index is 12.7. The zero-order valence-electron chi connectivity index (χ0n) is 17.9. The van der Waals surface area contributed by atoms with Crippen molar-refractivity contribution in [3.05, 3.63) is 58.5 Å². The summed E-state index contributed by atoms with van der Waals surface area (Å²) in [6.07, 6.45) is 0.325. The number of benzene rings is 1. The van der Waals surface area contributed by atoms with Crippen molar-refractivity contribution in [2.24, 2.45) is 0 Å². The molecule has 10 heteroatoms. The summed E-state index contributed by atoms with van der Waals surface area (Å²) in [6, 6.07) is 9.74. The average Bonchev–Trinajstić information content (AvgIpc) is 2.78. The summed E-state index contributed by atoms with van der Waals surface area (Å²) in [5.74, 6) is -3.35. The van der Waals surface area contributed by atoms with E-state index in [0.717, 1.165) is 0 Å². The number of carboxylic acid groups (broad SMARTS) is 2. The Bertz CT molecular complexity index is 950. The highest BCUT2D eigenvalue weighted by atomic mass is 16.6. The minimum absolute atomic E-state index is 0.208. The molecule has 0 aliphatic heterocycles.